The van der Waals surface area contributed by atoms with Crippen LogP contribution in [0.1, 0.15) is 0 Å². The fraction of sp³-hybridized carbons (Fsp3) is 1.00. The average Bonchev–Trinajstić information content (AvgIpc) is 1.75. The van der Waals surface area contributed by atoms with Crippen LogP contribution in [0.15, 0.2) is 0 Å². The Kier molecular flexibility index (Phi) is 24.7. The molecular formula is C4H10BrIO. The minimum Gasteiger partial charge on any atom is -0.384 e. The maximum atomic E-state index is 4.64. The van der Waals surface area contributed by atoms with Crippen molar-refractivity contribution in [2.45, 2.75) is 0 Å². The third kappa shape index (κ3) is 19.1. The molecule has 0 aliphatic heterocycles. The highest BCUT2D eigenvalue weighted by molar-refractivity contribution is 14.1. The summed E-state index contributed by atoms with van der Waals surface area (Å²) >= 11 is 5.33. The highest BCUT2D eigenvalue weighted by Crippen LogP contribution is 1.75. The Morgan fingerprint density at radius 1 is 1.57 bits per heavy atom. The molecule has 0 saturated heterocycles. The molecule has 46 valence electrons. The molecule has 0 aromatic rings. The van der Waals surface area contributed by atoms with E-state index in [0.29, 0.717) is 0 Å². The van der Waals surface area contributed by atoms with E-state index in [9.17, 15) is 0 Å². The molecule has 0 aliphatic rings. The minimum atomic E-state index is 0.806. The highest BCUT2D eigenvalue weighted by Gasteiger charge is 1.68. The van der Waals surface area contributed by atoms with Crippen LogP contribution in [0.2, 0.25) is 0 Å². The predicted molar refractivity (Wildman–Crippen MR) is 45.6 cm³/mol. The number of hydrogen-bond donors (Lipinski definition) is 0. The number of alkyl halides is 2. The highest BCUT2D eigenvalue weighted by atomic mass is 127. The van der Waals surface area contributed by atoms with Crippen molar-refractivity contribution in [3.63, 3.8) is 0 Å². The Balaban J connectivity index is 0. The molecule has 0 rings (SSSR count). The average molecular weight is 281 g/mol. The molecule has 0 spiro atoms. The van der Waals surface area contributed by atoms with Gasteiger partial charge in [-0.1, -0.05) is 38.5 Å². The second-order valence-corrected chi connectivity index (χ2v) is 1.47. The number of methoxy groups -OCH3 is 1. The van der Waals surface area contributed by atoms with Gasteiger partial charge in [-0.2, -0.15) is 0 Å². The van der Waals surface area contributed by atoms with Crippen LogP contribution in [0.5, 0.6) is 0 Å². The van der Waals surface area contributed by atoms with E-state index in [1.54, 1.807) is 7.11 Å². The predicted octanol–water partition coefficient (Wildman–Crippen LogP) is 2.08. The van der Waals surface area contributed by atoms with E-state index in [2.05, 4.69) is 43.3 Å². The van der Waals surface area contributed by atoms with Gasteiger partial charge in [0, 0.05) is 12.4 Å². The Labute approximate surface area is 67.1 Å². The van der Waals surface area contributed by atoms with Crippen molar-refractivity contribution in [3.05, 3.63) is 0 Å². The van der Waals surface area contributed by atoms with Crippen LogP contribution in [-0.2, 0) is 4.74 Å². The van der Waals surface area contributed by atoms with Crippen molar-refractivity contribution < 1.29 is 4.74 Å². The van der Waals surface area contributed by atoms with E-state index in [0.717, 1.165) is 11.9 Å². The smallest absolute Gasteiger partial charge is 0.0559 e. The molecule has 0 heterocycles. The summed E-state index contributed by atoms with van der Waals surface area (Å²) in [6.07, 6.45) is 0. The third-order valence-corrected chi connectivity index (χ3v) is 0.605. The van der Waals surface area contributed by atoms with Crippen molar-refractivity contribution >= 4 is 38.5 Å². The fourth-order valence-electron chi connectivity index (χ4n) is 0.0772. The van der Waals surface area contributed by atoms with Gasteiger partial charge in [0.1, 0.15) is 0 Å². The van der Waals surface area contributed by atoms with Gasteiger partial charge in [0.05, 0.1) is 6.61 Å². The van der Waals surface area contributed by atoms with Gasteiger partial charge in [-0.05, 0) is 4.93 Å². The largest absolute Gasteiger partial charge is 0.384 e. The van der Waals surface area contributed by atoms with Gasteiger partial charge in [-0.25, -0.2) is 0 Å². The molecule has 0 N–H and O–H groups in total. The summed E-state index contributed by atoms with van der Waals surface area (Å²) in [5.74, 6) is 0. The van der Waals surface area contributed by atoms with E-state index < -0.39 is 0 Å². The van der Waals surface area contributed by atoms with E-state index in [1.807, 2.05) is 4.93 Å². The standard InChI is InChI=1S/C3H7BrO.CH3I/c1-5-3-2-4;1-2/h2-3H2,1H3;1H3. The lowest BCUT2D eigenvalue weighted by atomic mass is 10.9. The van der Waals surface area contributed by atoms with Crippen molar-refractivity contribution in [1.82, 2.24) is 0 Å². The first kappa shape index (κ1) is 11.0. The number of hydrogen-bond acceptors (Lipinski definition) is 1. The molecule has 1 nitrogen and oxygen atoms in total. The molecule has 0 unspecified atom stereocenters. The minimum absolute atomic E-state index is 0.806. The number of rotatable bonds is 2. The molecule has 0 aromatic heterocycles. The molecular weight excluding hydrogens is 271 g/mol. The van der Waals surface area contributed by atoms with Crippen LogP contribution in [0.3, 0.4) is 0 Å². The Bertz CT molecular complexity index is 19.2. The third-order valence-electron chi connectivity index (χ3n) is 0.281. The second kappa shape index (κ2) is 15.7. The van der Waals surface area contributed by atoms with Crippen LogP contribution in [0.4, 0.5) is 0 Å². The summed E-state index contributed by atoms with van der Waals surface area (Å²) in [6, 6.07) is 0. The molecule has 0 aromatic carbocycles. The van der Waals surface area contributed by atoms with E-state index >= 15 is 0 Å². The normalized spacial score (nSPS) is 6.86. The topological polar surface area (TPSA) is 9.23 Å². The zero-order valence-corrected chi connectivity index (χ0v) is 8.32. The van der Waals surface area contributed by atoms with Crippen molar-refractivity contribution in [3.8, 4) is 0 Å². The van der Waals surface area contributed by atoms with E-state index in [1.165, 1.54) is 0 Å². The summed E-state index contributed by atoms with van der Waals surface area (Å²) < 4.78 is 4.64. The Morgan fingerprint density at radius 2 is 2.00 bits per heavy atom. The maximum Gasteiger partial charge on any atom is 0.0559 e. The number of ether oxygens (including phenoxy) is 1. The zero-order chi connectivity index (χ0) is 6.12. The Hall–Kier alpha value is 1.17. The summed E-state index contributed by atoms with van der Waals surface area (Å²) in [5.41, 5.74) is 0. The van der Waals surface area contributed by atoms with Gasteiger partial charge in [0.25, 0.3) is 0 Å². The molecule has 0 fully saturated rings. The van der Waals surface area contributed by atoms with Gasteiger partial charge >= 0.3 is 0 Å². The van der Waals surface area contributed by atoms with Gasteiger partial charge in [0.2, 0.25) is 0 Å². The van der Waals surface area contributed by atoms with Crippen molar-refractivity contribution in [2.75, 3.05) is 24.0 Å². The first-order chi connectivity index (χ1) is 3.41. The quantitative estimate of drug-likeness (QED) is 0.556. The summed E-state index contributed by atoms with van der Waals surface area (Å²) in [5, 5.41) is 0.934. The van der Waals surface area contributed by atoms with Crippen molar-refractivity contribution in [1.29, 1.82) is 0 Å². The maximum absolute atomic E-state index is 4.64. The van der Waals surface area contributed by atoms with Crippen LogP contribution in [-0.4, -0.2) is 24.0 Å². The van der Waals surface area contributed by atoms with Crippen LogP contribution in [0.25, 0.3) is 0 Å². The van der Waals surface area contributed by atoms with E-state index in [4.69, 9.17) is 0 Å². The molecule has 7 heavy (non-hydrogen) atoms. The van der Waals surface area contributed by atoms with Crippen LogP contribution in [0, 0.1) is 0 Å². The molecule has 0 amide bonds. The second-order valence-electron chi connectivity index (χ2n) is 0.682. The molecule has 0 radical (unpaired) electrons. The zero-order valence-electron chi connectivity index (χ0n) is 4.58. The monoisotopic (exact) mass is 280 g/mol. The summed E-state index contributed by atoms with van der Waals surface area (Å²) in [7, 11) is 1.68. The van der Waals surface area contributed by atoms with Crippen LogP contribution < -0.4 is 0 Å². The van der Waals surface area contributed by atoms with Crippen molar-refractivity contribution in [2.24, 2.45) is 0 Å². The lowest BCUT2D eigenvalue weighted by Crippen LogP contribution is -1.85. The van der Waals surface area contributed by atoms with Gasteiger partial charge < -0.3 is 4.74 Å². The lowest BCUT2D eigenvalue weighted by Gasteiger charge is -1.83. The summed E-state index contributed by atoms with van der Waals surface area (Å²) in [6.45, 7) is 0.806. The molecule has 0 bridgehead atoms. The molecule has 0 saturated carbocycles. The Morgan fingerprint density at radius 3 is 2.00 bits per heavy atom. The molecule has 3 heteroatoms. The summed E-state index contributed by atoms with van der Waals surface area (Å²) in [4.78, 5) is 1.97. The van der Waals surface area contributed by atoms with Gasteiger partial charge in [0.15, 0.2) is 0 Å². The fourth-order valence-corrected chi connectivity index (χ4v) is 0.401. The molecule has 0 aliphatic carbocycles. The van der Waals surface area contributed by atoms with E-state index in [-0.39, 0.29) is 0 Å². The number of halogens is 2. The first-order valence-electron chi connectivity index (χ1n) is 1.84. The van der Waals surface area contributed by atoms with Gasteiger partial charge in [-0.3, -0.25) is 0 Å². The first-order valence-corrected chi connectivity index (χ1v) is 5.12. The van der Waals surface area contributed by atoms with Crippen LogP contribution >= 0.6 is 38.5 Å². The van der Waals surface area contributed by atoms with Gasteiger partial charge in [-0.15, -0.1) is 0 Å². The SMILES string of the molecule is CI.COCCBr. The lowest BCUT2D eigenvalue weighted by molar-refractivity contribution is 0.219. The molecule has 0 atom stereocenters.